The minimum atomic E-state index is -0.745. The first-order valence-electron chi connectivity index (χ1n) is 19.7. The van der Waals surface area contributed by atoms with Crippen molar-refractivity contribution in [3.8, 4) is 57.0 Å². The first-order chi connectivity index (χ1) is 29.2. The summed E-state index contributed by atoms with van der Waals surface area (Å²) in [5, 5.41) is 12.0. The smallest absolute Gasteiger partial charge is 0.132 e. The molecule has 5 heteroatoms. The minimum Gasteiger partial charge on any atom is -0.457 e. The molecular weight excluding hydrogens is 721 g/mol. The monoisotopic (exact) mass is 754 g/mol. The van der Waals surface area contributed by atoms with Crippen LogP contribution in [0, 0.1) is 11.3 Å². The van der Waals surface area contributed by atoms with E-state index in [1.807, 2.05) is 48.5 Å². The molecule has 7 aromatic carbocycles. The molecule has 10 aromatic rings. The van der Waals surface area contributed by atoms with Crippen LogP contribution in [0.5, 0.6) is 11.5 Å². The van der Waals surface area contributed by atoms with Crippen LogP contribution < -0.4 is 4.74 Å². The van der Waals surface area contributed by atoms with Gasteiger partial charge in [0.2, 0.25) is 0 Å². The number of nitriles is 1. The van der Waals surface area contributed by atoms with Crippen molar-refractivity contribution in [1.29, 1.82) is 5.26 Å². The Kier molecular flexibility index (Phi) is 8.02. The molecule has 4 heterocycles. The van der Waals surface area contributed by atoms with Crippen LogP contribution in [-0.4, -0.2) is 14.5 Å². The number of ether oxygens (including phenoxy) is 1. The Balaban J connectivity index is 1.14. The lowest BCUT2D eigenvalue weighted by Crippen LogP contribution is -2.34. The van der Waals surface area contributed by atoms with Crippen LogP contribution in [0.2, 0.25) is 0 Å². The van der Waals surface area contributed by atoms with Crippen molar-refractivity contribution in [2.45, 2.75) is 5.41 Å². The fourth-order valence-corrected chi connectivity index (χ4v) is 8.97. The van der Waals surface area contributed by atoms with Gasteiger partial charge in [-0.3, -0.25) is 4.98 Å². The van der Waals surface area contributed by atoms with Gasteiger partial charge in [-0.2, -0.15) is 5.26 Å². The highest BCUT2D eigenvalue weighted by molar-refractivity contribution is 6.11. The van der Waals surface area contributed by atoms with E-state index in [1.54, 1.807) is 6.20 Å². The average Bonchev–Trinajstić information content (AvgIpc) is 3.64. The molecule has 276 valence electrons. The van der Waals surface area contributed by atoms with Crippen molar-refractivity contribution in [3.05, 3.63) is 234 Å². The van der Waals surface area contributed by atoms with Crippen molar-refractivity contribution >= 4 is 21.8 Å². The summed E-state index contributed by atoms with van der Waals surface area (Å²) < 4.78 is 9.17. The summed E-state index contributed by atoms with van der Waals surface area (Å²) in [4.78, 5) is 9.68. The largest absolute Gasteiger partial charge is 0.457 e. The van der Waals surface area contributed by atoms with Crippen LogP contribution in [0.3, 0.4) is 0 Å². The van der Waals surface area contributed by atoms with Gasteiger partial charge in [0.05, 0.1) is 45.2 Å². The first kappa shape index (κ1) is 34.2. The molecule has 59 heavy (non-hydrogen) atoms. The molecule has 0 spiro atoms. The molecule has 5 nitrogen and oxygen atoms in total. The summed E-state index contributed by atoms with van der Waals surface area (Å²) in [6.45, 7) is 0. The van der Waals surface area contributed by atoms with Gasteiger partial charge in [0.1, 0.15) is 11.5 Å². The van der Waals surface area contributed by atoms with Crippen molar-refractivity contribution in [2.75, 3.05) is 0 Å². The molecule has 3 aromatic heterocycles. The number of pyridine rings is 2. The predicted molar refractivity (Wildman–Crippen MR) is 236 cm³/mol. The Labute approximate surface area is 341 Å². The van der Waals surface area contributed by atoms with Gasteiger partial charge in [0, 0.05) is 39.3 Å². The van der Waals surface area contributed by atoms with E-state index in [9.17, 15) is 5.26 Å². The summed E-state index contributed by atoms with van der Waals surface area (Å²) in [6, 6.07) is 71.9. The van der Waals surface area contributed by atoms with E-state index in [0.29, 0.717) is 5.56 Å². The number of nitrogens with zero attached hydrogens (tertiary/aromatic N) is 4. The third-order valence-electron chi connectivity index (χ3n) is 11.6. The molecule has 0 unspecified atom stereocenters. The van der Waals surface area contributed by atoms with Gasteiger partial charge < -0.3 is 9.30 Å². The van der Waals surface area contributed by atoms with Gasteiger partial charge in [-0.15, -0.1) is 0 Å². The fourth-order valence-electron chi connectivity index (χ4n) is 8.97. The van der Waals surface area contributed by atoms with Crippen molar-refractivity contribution in [1.82, 2.24) is 14.5 Å². The molecule has 0 bridgehead atoms. The van der Waals surface area contributed by atoms with Gasteiger partial charge in [-0.1, -0.05) is 103 Å². The third kappa shape index (κ3) is 5.54. The normalized spacial score (nSPS) is 12.7. The highest BCUT2D eigenvalue weighted by Gasteiger charge is 2.45. The standard InChI is InChI=1S/C54H34N4O/c55-35-36-22-26-50-43(31-36)44-32-37(23-27-51(44)58(50)42-17-8-3-9-18-42)38-24-28-52-45(33-38)54(40-13-4-1-5-14-40,41-15-6-2-7-16-41)46-34-39(25-29-53(46)59-52)47-20-12-21-49(57-47)48-19-10-11-30-56-48/h1-34H. The molecule has 1 aliphatic rings. The molecule has 0 N–H and O–H groups in total. The molecule has 0 radical (unpaired) electrons. The predicted octanol–water partition coefficient (Wildman–Crippen LogP) is 12.9. The molecule has 0 fully saturated rings. The number of hydrogen-bond acceptors (Lipinski definition) is 4. The topological polar surface area (TPSA) is 63.7 Å². The zero-order valence-corrected chi connectivity index (χ0v) is 31.8. The molecule has 11 rings (SSSR count). The number of benzene rings is 7. The summed E-state index contributed by atoms with van der Waals surface area (Å²) >= 11 is 0. The lowest BCUT2D eigenvalue weighted by molar-refractivity contribution is 0.435. The van der Waals surface area contributed by atoms with E-state index in [0.717, 1.165) is 95.0 Å². The van der Waals surface area contributed by atoms with Crippen LogP contribution in [0.25, 0.3) is 61.3 Å². The number of aromatic nitrogens is 3. The Morgan fingerprint density at radius 2 is 1.03 bits per heavy atom. The Bertz CT molecular complexity index is 3200. The summed E-state index contributed by atoms with van der Waals surface area (Å²) in [6.07, 6.45) is 1.80. The number of fused-ring (bicyclic) bond motifs is 5. The fraction of sp³-hybridized carbons (Fsp3) is 0.0185. The van der Waals surface area contributed by atoms with E-state index in [4.69, 9.17) is 9.72 Å². The van der Waals surface area contributed by atoms with Crippen LogP contribution in [0.4, 0.5) is 0 Å². The van der Waals surface area contributed by atoms with Gasteiger partial charge in [0.25, 0.3) is 0 Å². The zero-order valence-electron chi connectivity index (χ0n) is 31.8. The van der Waals surface area contributed by atoms with Crippen molar-refractivity contribution in [3.63, 3.8) is 0 Å². The van der Waals surface area contributed by atoms with E-state index >= 15 is 0 Å². The van der Waals surface area contributed by atoms with Gasteiger partial charge in [-0.25, -0.2) is 4.98 Å². The molecule has 0 atom stereocenters. The molecule has 1 aliphatic heterocycles. The number of rotatable bonds is 6. The van der Waals surface area contributed by atoms with Crippen molar-refractivity contribution < 1.29 is 4.74 Å². The average molecular weight is 755 g/mol. The van der Waals surface area contributed by atoms with Gasteiger partial charge >= 0.3 is 0 Å². The Morgan fingerprint density at radius 1 is 0.475 bits per heavy atom. The highest BCUT2D eigenvalue weighted by Crippen LogP contribution is 2.56. The summed E-state index contributed by atoms with van der Waals surface area (Å²) in [5.74, 6) is 1.60. The third-order valence-corrected chi connectivity index (χ3v) is 11.6. The van der Waals surface area contributed by atoms with E-state index < -0.39 is 5.41 Å². The van der Waals surface area contributed by atoms with Crippen LogP contribution in [0.1, 0.15) is 27.8 Å². The zero-order chi connectivity index (χ0) is 39.3. The maximum absolute atomic E-state index is 9.91. The van der Waals surface area contributed by atoms with Crippen molar-refractivity contribution in [2.24, 2.45) is 0 Å². The number of para-hydroxylation sites is 1. The minimum absolute atomic E-state index is 0.633. The van der Waals surface area contributed by atoms with Gasteiger partial charge in [-0.05, 0) is 119 Å². The van der Waals surface area contributed by atoms with E-state index in [-0.39, 0.29) is 0 Å². The maximum Gasteiger partial charge on any atom is 0.132 e. The maximum atomic E-state index is 9.91. The SMILES string of the molecule is N#Cc1ccc2c(c1)c1cc(-c3ccc4c(c3)C(c3ccccc3)(c3ccccc3)c3cc(-c5cccc(-c6ccccn6)n5)ccc3O4)ccc1n2-c1ccccc1. The quantitative estimate of drug-likeness (QED) is 0.170. The molecule has 0 aliphatic carbocycles. The summed E-state index contributed by atoms with van der Waals surface area (Å²) in [7, 11) is 0. The van der Waals surface area contributed by atoms with Crippen LogP contribution >= 0.6 is 0 Å². The molecule has 0 saturated carbocycles. The highest BCUT2D eigenvalue weighted by atomic mass is 16.5. The Morgan fingerprint density at radius 3 is 1.71 bits per heavy atom. The van der Waals surface area contributed by atoms with Crippen LogP contribution in [0.15, 0.2) is 206 Å². The second-order valence-corrected chi connectivity index (χ2v) is 14.9. The lowest BCUT2D eigenvalue weighted by Gasteiger charge is -2.42. The van der Waals surface area contributed by atoms with E-state index in [1.165, 1.54) is 0 Å². The lowest BCUT2D eigenvalue weighted by atomic mass is 9.63. The summed E-state index contributed by atoms with van der Waals surface area (Å²) in [5.41, 5.74) is 13.1. The molecule has 0 saturated heterocycles. The second kappa shape index (κ2) is 13.8. The van der Waals surface area contributed by atoms with Gasteiger partial charge in [0.15, 0.2) is 0 Å². The van der Waals surface area contributed by atoms with E-state index in [2.05, 4.69) is 167 Å². The Hall–Kier alpha value is -8.07. The van der Waals surface area contributed by atoms with Crippen LogP contribution in [-0.2, 0) is 5.41 Å². The molecular formula is C54H34N4O. The molecule has 0 amide bonds. The second-order valence-electron chi connectivity index (χ2n) is 14.9. The first-order valence-corrected chi connectivity index (χ1v) is 19.7. The number of hydrogen-bond donors (Lipinski definition) is 0.